The molecule has 0 aliphatic rings. The van der Waals surface area contributed by atoms with E-state index in [1.54, 1.807) is 6.07 Å². The molecule has 0 aliphatic carbocycles. The third-order valence-electron chi connectivity index (χ3n) is 3.41. The van der Waals surface area contributed by atoms with Gasteiger partial charge in [-0.3, -0.25) is 0 Å². The molecular formula is C16H28ClNO. The average molecular weight is 286 g/mol. The summed E-state index contributed by atoms with van der Waals surface area (Å²) in [6.07, 6.45) is 11.5. The lowest BCUT2D eigenvalue weighted by molar-refractivity contribution is 0.466. The van der Waals surface area contributed by atoms with Crippen molar-refractivity contribution in [1.29, 1.82) is 0 Å². The van der Waals surface area contributed by atoms with Crippen molar-refractivity contribution in [2.45, 2.75) is 64.7 Å². The minimum Gasteiger partial charge on any atom is -0.508 e. The molecule has 19 heavy (non-hydrogen) atoms. The van der Waals surface area contributed by atoms with E-state index < -0.39 is 0 Å². The van der Waals surface area contributed by atoms with Gasteiger partial charge in [0.05, 0.1) is 0 Å². The van der Waals surface area contributed by atoms with E-state index in [1.807, 2.05) is 12.1 Å². The zero-order valence-electron chi connectivity index (χ0n) is 12.0. The standard InChI is InChI=1S/C16H27NO.ClH/c1-2-3-4-5-6-7-8-9-10-14-11-12-15(17)13-16(14)18;/h11-13,18H,2-10,17H2,1H3;1H. The maximum Gasteiger partial charge on any atom is 0.120 e. The predicted molar refractivity (Wildman–Crippen MR) is 86.1 cm³/mol. The van der Waals surface area contributed by atoms with Crippen LogP contribution >= 0.6 is 12.4 Å². The minimum atomic E-state index is 0. The summed E-state index contributed by atoms with van der Waals surface area (Å²) in [6, 6.07) is 5.44. The lowest BCUT2D eigenvalue weighted by Crippen LogP contribution is -1.90. The van der Waals surface area contributed by atoms with Crippen LogP contribution in [-0.2, 0) is 6.42 Å². The van der Waals surface area contributed by atoms with Crippen LogP contribution in [-0.4, -0.2) is 5.11 Å². The summed E-state index contributed by atoms with van der Waals surface area (Å²) in [5, 5.41) is 9.71. The molecular weight excluding hydrogens is 258 g/mol. The zero-order valence-corrected chi connectivity index (χ0v) is 12.8. The lowest BCUT2D eigenvalue weighted by atomic mass is 10.0. The second-order valence-corrected chi connectivity index (χ2v) is 5.11. The van der Waals surface area contributed by atoms with Crippen molar-refractivity contribution in [2.24, 2.45) is 0 Å². The fraction of sp³-hybridized carbons (Fsp3) is 0.625. The fourth-order valence-corrected chi connectivity index (χ4v) is 2.24. The molecule has 0 saturated carbocycles. The maximum absolute atomic E-state index is 9.71. The highest BCUT2D eigenvalue weighted by atomic mass is 35.5. The van der Waals surface area contributed by atoms with Crippen molar-refractivity contribution in [1.82, 2.24) is 0 Å². The molecule has 1 aromatic rings. The third-order valence-corrected chi connectivity index (χ3v) is 3.41. The predicted octanol–water partition coefficient (Wildman–Crippen LogP) is 5.08. The first-order valence-corrected chi connectivity index (χ1v) is 7.31. The number of benzene rings is 1. The number of unbranched alkanes of at least 4 members (excludes halogenated alkanes) is 7. The monoisotopic (exact) mass is 285 g/mol. The van der Waals surface area contributed by atoms with Crippen LogP contribution in [0.1, 0.15) is 63.9 Å². The maximum atomic E-state index is 9.71. The van der Waals surface area contributed by atoms with Gasteiger partial charge >= 0.3 is 0 Å². The van der Waals surface area contributed by atoms with Gasteiger partial charge in [0.1, 0.15) is 5.75 Å². The van der Waals surface area contributed by atoms with Crippen molar-refractivity contribution >= 4 is 18.1 Å². The van der Waals surface area contributed by atoms with Crippen LogP contribution in [0.15, 0.2) is 18.2 Å². The van der Waals surface area contributed by atoms with Crippen LogP contribution in [0.3, 0.4) is 0 Å². The number of hydrogen-bond acceptors (Lipinski definition) is 2. The molecule has 0 unspecified atom stereocenters. The molecule has 0 fully saturated rings. The highest BCUT2D eigenvalue weighted by Crippen LogP contribution is 2.22. The summed E-state index contributed by atoms with van der Waals surface area (Å²) in [5.74, 6) is 0.345. The van der Waals surface area contributed by atoms with Gasteiger partial charge in [-0.25, -0.2) is 0 Å². The summed E-state index contributed by atoms with van der Waals surface area (Å²) in [4.78, 5) is 0. The van der Waals surface area contributed by atoms with Gasteiger partial charge in [-0.2, -0.15) is 0 Å². The summed E-state index contributed by atoms with van der Waals surface area (Å²) in [6.45, 7) is 2.25. The first-order valence-electron chi connectivity index (χ1n) is 7.31. The molecule has 0 bridgehead atoms. The molecule has 0 radical (unpaired) electrons. The van der Waals surface area contributed by atoms with Crippen molar-refractivity contribution < 1.29 is 5.11 Å². The van der Waals surface area contributed by atoms with Crippen molar-refractivity contribution in [3.05, 3.63) is 23.8 Å². The molecule has 1 aromatic carbocycles. The summed E-state index contributed by atoms with van der Waals surface area (Å²) in [5.41, 5.74) is 7.26. The van der Waals surface area contributed by atoms with Crippen molar-refractivity contribution in [3.8, 4) is 5.75 Å². The Hall–Kier alpha value is -0.890. The topological polar surface area (TPSA) is 46.2 Å². The van der Waals surface area contributed by atoms with Crippen LogP contribution in [0.5, 0.6) is 5.75 Å². The van der Waals surface area contributed by atoms with E-state index in [9.17, 15) is 5.11 Å². The molecule has 0 aromatic heterocycles. The first-order chi connectivity index (χ1) is 8.74. The van der Waals surface area contributed by atoms with E-state index >= 15 is 0 Å². The quantitative estimate of drug-likeness (QED) is 0.491. The highest BCUT2D eigenvalue weighted by molar-refractivity contribution is 5.85. The van der Waals surface area contributed by atoms with Gasteiger partial charge in [-0.1, -0.05) is 57.9 Å². The summed E-state index contributed by atoms with van der Waals surface area (Å²) < 4.78 is 0. The number of nitrogens with two attached hydrogens (primary N) is 1. The molecule has 0 atom stereocenters. The lowest BCUT2D eigenvalue weighted by Gasteiger charge is -2.05. The normalized spacial score (nSPS) is 10.2. The van der Waals surface area contributed by atoms with Gasteiger partial charge in [-0.05, 0) is 24.5 Å². The molecule has 2 nitrogen and oxygen atoms in total. The van der Waals surface area contributed by atoms with E-state index in [2.05, 4.69) is 6.92 Å². The number of aryl methyl sites for hydroxylation is 1. The Kier molecular flexibility index (Phi) is 10.5. The third kappa shape index (κ3) is 7.99. The molecule has 0 spiro atoms. The minimum absolute atomic E-state index is 0. The Morgan fingerprint density at radius 3 is 2.11 bits per heavy atom. The van der Waals surface area contributed by atoms with E-state index in [0.29, 0.717) is 11.4 Å². The number of aromatic hydroxyl groups is 1. The molecule has 3 heteroatoms. The smallest absolute Gasteiger partial charge is 0.120 e. The van der Waals surface area contributed by atoms with Gasteiger partial charge < -0.3 is 10.8 Å². The Morgan fingerprint density at radius 2 is 1.53 bits per heavy atom. The van der Waals surface area contributed by atoms with E-state index in [0.717, 1.165) is 18.4 Å². The van der Waals surface area contributed by atoms with Crippen LogP contribution in [0.25, 0.3) is 0 Å². The molecule has 1 rings (SSSR count). The summed E-state index contributed by atoms with van der Waals surface area (Å²) in [7, 11) is 0. The van der Waals surface area contributed by atoms with Crippen molar-refractivity contribution in [3.63, 3.8) is 0 Å². The highest BCUT2D eigenvalue weighted by Gasteiger charge is 2.01. The molecule has 3 N–H and O–H groups in total. The van der Waals surface area contributed by atoms with Gasteiger partial charge in [-0.15, -0.1) is 12.4 Å². The second-order valence-electron chi connectivity index (χ2n) is 5.11. The number of phenolic OH excluding ortho intramolecular Hbond substituents is 1. The average Bonchev–Trinajstić information content (AvgIpc) is 2.35. The Bertz CT molecular complexity index is 342. The molecule has 0 amide bonds. The number of halogens is 1. The summed E-state index contributed by atoms with van der Waals surface area (Å²) >= 11 is 0. The van der Waals surface area contributed by atoms with Gasteiger partial charge in [0, 0.05) is 11.8 Å². The number of hydrogen-bond donors (Lipinski definition) is 2. The van der Waals surface area contributed by atoms with Crippen LogP contribution < -0.4 is 5.73 Å². The van der Waals surface area contributed by atoms with Crippen LogP contribution in [0.4, 0.5) is 5.69 Å². The SMILES string of the molecule is CCCCCCCCCCc1ccc(N)cc1O.Cl. The molecule has 110 valence electrons. The molecule has 0 saturated heterocycles. The second kappa shape index (κ2) is 11.0. The molecule has 0 aliphatic heterocycles. The van der Waals surface area contributed by atoms with Crippen LogP contribution in [0, 0.1) is 0 Å². The largest absolute Gasteiger partial charge is 0.508 e. The fourth-order valence-electron chi connectivity index (χ4n) is 2.24. The van der Waals surface area contributed by atoms with Gasteiger partial charge in [0.25, 0.3) is 0 Å². The van der Waals surface area contributed by atoms with E-state index in [1.165, 1.54) is 44.9 Å². The zero-order chi connectivity index (χ0) is 13.2. The first kappa shape index (κ1) is 18.1. The van der Waals surface area contributed by atoms with E-state index in [4.69, 9.17) is 5.73 Å². The Balaban J connectivity index is 0.00000324. The number of phenols is 1. The molecule has 0 heterocycles. The number of rotatable bonds is 9. The van der Waals surface area contributed by atoms with Crippen molar-refractivity contribution in [2.75, 3.05) is 5.73 Å². The van der Waals surface area contributed by atoms with Crippen LogP contribution in [0.2, 0.25) is 0 Å². The Labute approximate surface area is 123 Å². The Morgan fingerprint density at radius 1 is 0.947 bits per heavy atom. The van der Waals surface area contributed by atoms with E-state index in [-0.39, 0.29) is 12.4 Å². The van der Waals surface area contributed by atoms with Gasteiger partial charge in [0.2, 0.25) is 0 Å². The van der Waals surface area contributed by atoms with Gasteiger partial charge in [0.15, 0.2) is 0 Å². The number of nitrogen functional groups attached to an aromatic ring is 1. The number of anilines is 1.